The Labute approximate surface area is 118 Å². The molecule has 6 heteroatoms. The zero-order valence-electron chi connectivity index (χ0n) is 12.3. The predicted octanol–water partition coefficient (Wildman–Crippen LogP) is 1.34. The molecule has 2 N–H and O–H groups in total. The molecular weight excluding hydrogens is 258 g/mol. The number of rotatable bonds is 4. The highest BCUT2D eigenvalue weighted by molar-refractivity contribution is 5.87. The van der Waals surface area contributed by atoms with Gasteiger partial charge in [-0.3, -0.25) is 9.48 Å². The van der Waals surface area contributed by atoms with E-state index < -0.39 is 12.0 Å². The molecule has 20 heavy (non-hydrogen) atoms. The minimum atomic E-state index is -1.07. The molecule has 1 unspecified atom stereocenters. The molecule has 1 amide bonds. The second-order valence-electron chi connectivity index (χ2n) is 6.47. The third-order valence-electron chi connectivity index (χ3n) is 3.93. The lowest BCUT2D eigenvalue weighted by molar-refractivity contribution is -0.142. The summed E-state index contributed by atoms with van der Waals surface area (Å²) >= 11 is 0. The standard InChI is InChI=1S/C14H21N3O3/c1-14(2,3)9-7-8(9)12(18)16-11(13(19)20)10-5-6-15-17(10)4/h5-6,8-9,11H,7H2,1-4H3,(H,16,18)(H,19,20)/t8-,9-,11?/m1/s1. The fraction of sp³-hybridized carbons (Fsp3) is 0.643. The summed E-state index contributed by atoms with van der Waals surface area (Å²) in [6.07, 6.45) is 2.35. The van der Waals surface area contributed by atoms with Crippen LogP contribution in [-0.2, 0) is 16.6 Å². The fourth-order valence-electron chi connectivity index (χ4n) is 2.62. The SMILES string of the molecule is Cn1nccc1C(NC(=O)[C@@H]1C[C@H]1C(C)(C)C)C(=O)O. The molecule has 1 aromatic rings. The van der Waals surface area contributed by atoms with Crippen molar-refractivity contribution in [2.75, 3.05) is 0 Å². The summed E-state index contributed by atoms with van der Waals surface area (Å²) in [4.78, 5) is 23.5. The van der Waals surface area contributed by atoms with E-state index in [0.29, 0.717) is 11.6 Å². The van der Waals surface area contributed by atoms with E-state index in [9.17, 15) is 14.7 Å². The normalized spacial score (nSPS) is 23.2. The molecular formula is C14H21N3O3. The van der Waals surface area contributed by atoms with Crippen molar-refractivity contribution in [1.29, 1.82) is 0 Å². The van der Waals surface area contributed by atoms with Crippen LogP contribution in [-0.4, -0.2) is 26.8 Å². The number of nitrogens with one attached hydrogen (secondary N) is 1. The fourth-order valence-corrected chi connectivity index (χ4v) is 2.62. The molecule has 1 heterocycles. The van der Waals surface area contributed by atoms with Gasteiger partial charge in [0.2, 0.25) is 5.91 Å². The van der Waals surface area contributed by atoms with Gasteiger partial charge >= 0.3 is 5.97 Å². The van der Waals surface area contributed by atoms with Crippen LogP contribution in [0.15, 0.2) is 12.3 Å². The van der Waals surface area contributed by atoms with Gasteiger partial charge in [-0.25, -0.2) is 4.79 Å². The van der Waals surface area contributed by atoms with Crippen molar-refractivity contribution in [3.8, 4) is 0 Å². The van der Waals surface area contributed by atoms with Gasteiger partial charge in [-0.1, -0.05) is 20.8 Å². The van der Waals surface area contributed by atoms with Crippen LogP contribution in [0.2, 0.25) is 0 Å². The molecule has 1 aromatic heterocycles. The Morgan fingerprint density at radius 3 is 2.55 bits per heavy atom. The van der Waals surface area contributed by atoms with Crippen molar-refractivity contribution >= 4 is 11.9 Å². The molecule has 0 radical (unpaired) electrons. The Balaban J connectivity index is 2.06. The van der Waals surface area contributed by atoms with E-state index in [1.807, 2.05) is 0 Å². The lowest BCUT2D eigenvalue weighted by atomic mass is 9.89. The zero-order chi connectivity index (χ0) is 15.1. The van der Waals surface area contributed by atoms with Crippen LogP contribution in [0, 0.1) is 17.3 Å². The molecule has 6 nitrogen and oxygen atoms in total. The van der Waals surface area contributed by atoms with E-state index in [1.54, 1.807) is 13.1 Å². The average Bonchev–Trinajstić information content (AvgIpc) is 3.03. The molecule has 0 saturated heterocycles. The highest BCUT2D eigenvalue weighted by Gasteiger charge is 2.50. The highest BCUT2D eigenvalue weighted by atomic mass is 16.4. The highest BCUT2D eigenvalue weighted by Crippen LogP contribution is 2.50. The second kappa shape index (κ2) is 4.92. The summed E-state index contributed by atoms with van der Waals surface area (Å²) in [5.41, 5.74) is 0.548. The van der Waals surface area contributed by atoms with E-state index >= 15 is 0 Å². The molecule has 110 valence electrons. The maximum atomic E-state index is 12.2. The van der Waals surface area contributed by atoms with Crippen molar-refractivity contribution < 1.29 is 14.7 Å². The molecule has 3 atom stereocenters. The molecule has 1 fully saturated rings. The lowest BCUT2D eigenvalue weighted by Crippen LogP contribution is -2.36. The Kier molecular flexibility index (Phi) is 3.58. The Morgan fingerprint density at radius 2 is 2.15 bits per heavy atom. The first kappa shape index (κ1) is 14.6. The second-order valence-corrected chi connectivity index (χ2v) is 6.47. The van der Waals surface area contributed by atoms with Crippen molar-refractivity contribution in [3.63, 3.8) is 0 Å². The van der Waals surface area contributed by atoms with Crippen LogP contribution in [0.4, 0.5) is 0 Å². The van der Waals surface area contributed by atoms with Crippen molar-refractivity contribution in [1.82, 2.24) is 15.1 Å². The molecule has 0 aliphatic heterocycles. The summed E-state index contributed by atoms with van der Waals surface area (Å²) < 4.78 is 1.47. The van der Waals surface area contributed by atoms with Crippen molar-refractivity contribution in [2.45, 2.75) is 33.2 Å². The largest absolute Gasteiger partial charge is 0.479 e. The van der Waals surface area contributed by atoms with Crippen LogP contribution in [0.1, 0.15) is 38.9 Å². The Bertz CT molecular complexity index is 530. The van der Waals surface area contributed by atoms with Gasteiger partial charge in [-0.2, -0.15) is 5.10 Å². The van der Waals surface area contributed by atoms with Gasteiger partial charge in [0.05, 0.1) is 5.69 Å². The minimum absolute atomic E-state index is 0.0766. The number of aromatic nitrogens is 2. The minimum Gasteiger partial charge on any atom is -0.479 e. The summed E-state index contributed by atoms with van der Waals surface area (Å²) in [5.74, 6) is -1.01. The Morgan fingerprint density at radius 1 is 1.50 bits per heavy atom. The van der Waals surface area contributed by atoms with Crippen LogP contribution >= 0.6 is 0 Å². The summed E-state index contributed by atoms with van der Waals surface area (Å²) in [6, 6.07) is 0.559. The number of amides is 1. The maximum absolute atomic E-state index is 12.2. The van der Waals surface area contributed by atoms with Gasteiger partial charge in [0.25, 0.3) is 0 Å². The topological polar surface area (TPSA) is 84.2 Å². The smallest absolute Gasteiger partial charge is 0.332 e. The van der Waals surface area contributed by atoms with Crippen LogP contribution in [0.3, 0.4) is 0 Å². The van der Waals surface area contributed by atoms with Gasteiger partial charge < -0.3 is 10.4 Å². The molecule has 0 aromatic carbocycles. The number of carboxylic acid groups (broad SMARTS) is 1. The van der Waals surface area contributed by atoms with Crippen LogP contribution < -0.4 is 5.32 Å². The summed E-state index contributed by atoms with van der Waals surface area (Å²) in [7, 11) is 1.66. The van der Waals surface area contributed by atoms with E-state index in [-0.39, 0.29) is 17.2 Å². The summed E-state index contributed by atoms with van der Waals surface area (Å²) in [5, 5.41) is 15.9. The van der Waals surface area contributed by atoms with E-state index in [4.69, 9.17) is 0 Å². The number of hydrogen-bond donors (Lipinski definition) is 2. The Hall–Kier alpha value is -1.85. The molecule has 2 rings (SSSR count). The number of aliphatic carboxylic acids is 1. The van der Waals surface area contributed by atoms with E-state index in [0.717, 1.165) is 6.42 Å². The lowest BCUT2D eigenvalue weighted by Gasteiger charge is -2.19. The first-order chi connectivity index (χ1) is 9.21. The maximum Gasteiger partial charge on any atom is 0.332 e. The number of carbonyl (C=O) groups is 2. The van der Waals surface area contributed by atoms with Crippen molar-refractivity contribution in [3.05, 3.63) is 18.0 Å². The molecule has 0 bridgehead atoms. The quantitative estimate of drug-likeness (QED) is 0.871. The molecule has 1 saturated carbocycles. The molecule has 0 spiro atoms. The van der Waals surface area contributed by atoms with E-state index in [2.05, 4.69) is 31.2 Å². The first-order valence-electron chi connectivity index (χ1n) is 6.73. The van der Waals surface area contributed by atoms with Gasteiger partial charge in [-0.05, 0) is 23.8 Å². The number of aryl methyl sites for hydroxylation is 1. The number of hydrogen-bond acceptors (Lipinski definition) is 3. The van der Waals surface area contributed by atoms with Gasteiger partial charge in [0, 0.05) is 19.2 Å². The molecule has 1 aliphatic rings. The first-order valence-corrected chi connectivity index (χ1v) is 6.73. The van der Waals surface area contributed by atoms with E-state index in [1.165, 1.54) is 10.9 Å². The summed E-state index contributed by atoms with van der Waals surface area (Å²) in [6.45, 7) is 6.29. The third kappa shape index (κ3) is 2.84. The van der Waals surface area contributed by atoms with Gasteiger partial charge in [0.15, 0.2) is 6.04 Å². The van der Waals surface area contributed by atoms with Crippen molar-refractivity contribution in [2.24, 2.45) is 24.3 Å². The number of nitrogens with zero attached hydrogens (tertiary/aromatic N) is 2. The number of carbonyl (C=O) groups excluding carboxylic acids is 1. The van der Waals surface area contributed by atoms with Crippen LogP contribution in [0.5, 0.6) is 0 Å². The van der Waals surface area contributed by atoms with Gasteiger partial charge in [-0.15, -0.1) is 0 Å². The predicted molar refractivity (Wildman–Crippen MR) is 72.8 cm³/mol. The third-order valence-corrected chi connectivity index (χ3v) is 3.93. The molecule has 1 aliphatic carbocycles. The zero-order valence-corrected chi connectivity index (χ0v) is 12.3. The van der Waals surface area contributed by atoms with Gasteiger partial charge in [0.1, 0.15) is 0 Å². The number of carboxylic acids is 1. The monoisotopic (exact) mass is 279 g/mol. The average molecular weight is 279 g/mol. The van der Waals surface area contributed by atoms with Crippen LogP contribution in [0.25, 0.3) is 0 Å².